The Morgan fingerprint density at radius 3 is 2.88 bits per heavy atom. The Balaban J connectivity index is 1.37. The number of nitrogens with zero attached hydrogens (tertiary/aromatic N) is 3. The van der Waals surface area contributed by atoms with Gasteiger partial charge in [0.25, 0.3) is 0 Å². The zero-order valence-electron chi connectivity index (χ0n) is 14.2. The Morgan fingerprint density at radius 1 is 1.32 bits per heavy atom. The first-order valence-corrected chi connectivity index (χ1v) is 8.99. The van der Waals surface area contributed by atoms with E-state index in [4.69, 9.17) is 16.0 Å². The van der Waals surface area contributed by atoms with E-state index in [-0.39, 0.29) is 0 Å². The second-order valence-corrected chi connectivity index (χ2v) is 7.09. The Labute approximate surface area is 152 Å². The lowest BCUT2D eigenvalue weighted by Crippen LogP contribution is -2.32. The zero-order valence-corrected chi connectivity index (χ0v) is 15.0. The van der Waals surface area contributed by atoms with Crippen molar-refractivity contribution in [3.05, 3.63) is 58.7 Å². The summed E-state index contributed by atoms with van der Waals surface area (Å²) in [6.07, 6.45) is 6.03. The summed E-state index contributed by atoms with van der Waals surface area (Å²) in [6.45, 7) is 5.05. The fraction of sp³-hybridized carbons (Fsp3) is 0.368. The third kappa shape index (κ3) is 3.62. The van der Waals surface area contributed by atoms with Gasteiger partial charge in [-0.15, -0.1) is 0 Å². The number of halogens is 1. The van der Waals surface area contributed by atoms with Crippen molar-refractivity contribution in [2.24, 2.45) is 0 Å². The predicted octanol–water partition coefficient (Wildman–Crippen LogP) is 4.41. The first-order valence-electron chi connectivity index (χ1n) is 8.61. The number of hydrogen-bond acceptors (Lipinski definition) is 4. The molecular weight excluding hydrogens is 336 g/mol. The van der Waals surface area contributed by atoms with Crippen molar-refractivity contribution in [3.8, 4) is 11.5 Å². The number of nitrogens with one attached hydrogen (secondary N) is 1. The molecule has 0 amide bonds. The minimum Gasteiger partial charge on any atom is -0.444 e. The van der Waals surface area contributed by atoms with Crippen LogP contribution in [0, 0.1) is 6.92 Å². The summed E-state index contributed by atoms with van der Waals surface area (Å²) >= 11 is 6.04. The second kappa shape index (κ2) is 7.02. The fourth-order valence-electron chi connectivity index (χ4n) is 3.54. The molecule has 1 saturated heterocycles. The van der Waals surface area contributed by atoms with Crippen LogP contribution in [0.1, 0.15) is 35.7 Å². The minimum atomic E-state index is 0.606. The summed E-state index contributed by atoms with van der Waals surface area (Å²) in [5, 5.41) is 7.88. The van der Waals surface area contributed by atoms with E-state index in [1.807, 2.05) is 30.5 Å². The first kappa shape index (κ1) is 16.4. The quantitative estimate of drug-likeness (QED) is 0.752. The van der Waals surface area contributed by atoms with Gasteiger partial charge in [-0.05, 0) is 62.5 Å². The number of aromatic nitrogens is 3. The van der Waals surface area contributed by atoms with Crippen molar-refractivity contribution >= 4 is 11.6 Å². The number of likely N-dealkylation sites (tertiary alicyclic amines) is 1. The molecule has 0 saturated carbocycles. The molecule has 1 aliphatic heterocycles. The number of piperidine rings is 1. The van der Waals surface area contributed by atoms with E-state index in [9.17, 15) is 0 Å². The highest BCUT2D eigenvalue weighted by molar-refractivity contribution is 6.30. The molecule has 1 aromatic carbocycles. The highest BCUT2D eigenvalue weighted by atomic mass is 35.5. The SMILES string of the molecule is Cc1[nH]ncc1C1CCN(Cc2coc(-c3cccc(Cl)c3)n2)CC1. The highest BCUT2D eigenvalue weighted by Gasteiger charge is 2.23. The van der Waals surface area contributed by atoms with Gasteiger partial charge in [0.05, 0.1) is 11.9 Å². The van der Waals surface area contributed by atoms with Gasteiger partial charge in [-0.25, -0.2) is 4.98 Å². The van der Waals surface area contributed by atoms with Crippen LogP contribution in [0.15, 0.2) is 41.1 Å². The van der Waals surface area contributed by atoms with Gasteiger partial charge >= 0.3 is 0 Å². The standard InChI is InChI=1S/C19H21ClN4O/c1-13-18(10-21-23-13)14-5-7-24(8-6-14)11-17-12-25-19(22-17)15-3-2-4-16(20)9-15/h2-4,9-10,12,14H,5-8,11H2,1H3,(H,21,23). The summed E-state index contributed by atoms with van der Waals surface area (Å²) in [4.78, 5) is 7.05. The average molecular weight is 357 g/mol. The molecule has 25 heavy (non-hydrogen) atoms. The highest BCUT2D eigenvalue weighted by Crippen LogP contribution is 2.30. The number of H-pyrrole nitrogens is 1. The van der Waals surface area contributed by atoms with Crippen LogP contribution in [0.3, 0.4) is 0 Å². The molecule has 5 nitrogen and oxygen atoms in total. The maximum absolute atomic E-state index is 6.04. The van der Waals surface area contributed by atoms with Crippen LogP contribution in [0.5, 0.6) is 0 Å². The van der Waals surface area contributed by atoms with Gasteiger partial charge in [-0.2, -0.15) is 5.10 Å². The molecule has 6 heteroatoms. The van der Waals surface area contributed by atoms with Gasteiger partial charge in [0.15, 0.2) is 0 Å². The van der Waals surface area contributed by atoms with Gasteiger partial charge < -0.3 is 4.42 Å². The van der Waals surface area contributed by atoms with Crippen LogP contribution in [-0.4, -0.2) is 33.2 Å². The first-order chi connectivity index (χ1) is 12.2. The number of benzene rings is 1. The average Bonchev–Trinajstić information content (AvgIpc) is 3.25. The lowest BCUT2D eigenvalue weighted by Gasteiger charge is -2.31. The summed E-state index contributed by atoms with van der Waals surface area (Å²) in [7, 11) is 0. The van der Waals surface area contributed by atoms with E-state index in [1.165, 1.54) is 11.3 Å². The van der Waals surface area contributed by atoms with Crippen molar-refractivity contribution in [2.75, 3.05) is 13.1 Å². The molecule has 1 N–H and O–H groups in total. The Kier molecular flexibility index (Phi) is 4.59. The monoisotopic (exact) mass is 356 g/mol. The lowest BCUT2D eigenvalue weighted by atomic mass is 9.90. The lowest BCUT2D eigenvalue weighted by molar-refractivity contribution is 0.202. The second-order valence-electron chi connectivity index (χ2n) is 6.66. The number of aromatic amines is 1. The number of hydrogen-bond donors (Lipinski definition) is 1. The maximum Gasteiger partial charge on any atom is 0.226 e. The summed E-state index contributed by atoms with van der Waals surface area (Å²) in [5.74, 6) is 1.23. The van der Waals surface area contributed by atoms with Crippen LogP contribution in [-0.2, 0) is 6.54 Å². The fourth-order valence-corrected chi connectivity index (χ4v) is 3.73. The molecule has 0 unspecified atom stereocenters. The Morgan fingerprint density at radius 2 is 2.16 bits per heavy atom. The van der Waals surface area contributed by atoms with Crippen molar-refractivity contribution in [1.29, 1.82) is 0 Å². The molecule has 2 aromatic heterocycles. The third-order valence-electron chi connectivity index (χ3n) is 4.91. The minimum absolute atomic E-state index is 0.606. The third-order valence-corrected chi connectivity index (χ3v) is 5.14. The van der Waals surface area contributed by atoms with Crippen molar-refractivity contribution < 1.29 is 4.42 Å². The predicted molar refractivity (Wildman–Crippen MR) is 97.5 cm³/mol. The molecule has 3 heterocycles. The van der Waals surface area contributed by atoms with E-state index in [2.05, 4.69) is 27.0 Å². The van der Waals surface area contributed by atoms with E-state index >= 15 is 0 Å². The molecule has 0 aliphatic carbocycles. The van der Waals surface area contributed by atoms with Crippen LogP contribution < -0.4 is 0 Å². The summed E-state index contributed by atoms with van der Waals surface area (Å²) in [5.41, 5.74) is 4.44. The largest absolute Gasteiger partial charge is 0.444 e. The molecule has 4 rings (SSSR count). The van der Waals surface area contributed by atoms with Gasteiger partial charge in [-0.3, -0.25) is 10.00 Å². The number of aryl methyl sites for hydroxylation is 1. The summed E-state index contributed by atoms with van der Waals surface area (Å²) < 4.78 is 5.63. The van der Waals surface area contributed by atoms with Gasteiger partial charge in [0.1, 0.15) is 6.26 Å². The van der Waals surface area contributed by atoms with Crippen molar-refractivity contribution in [2.45, 2.75) is 32.2 Å². The van der Waals surface area contributed by atoms with Crippen LogP contribution in [0.25, 0.3) is 11.5 Å². The van der Waals surface area contributed by atoms with Crippen LogP contribution in [0.2, 0.25) is 5.02 Å². The maximum atomic E-state index is 6.04. The number of oxazole rings is 1. The van der Waals surface area contributed by atoms with E-state index in [0.717, 1.165) is 43.7 Å². The summed E-state index contributed by atoms with van der Waals surface area (Å²) in [6, 6.07) is 7.58. The normalized spacial score (nSPS) is 16.4. The van der Waals surface area contributed by atoms with Crippen molar-refractivity contribution in [1.82, 2.24) is 20.1 Å². The van der Waals surface area contributed by atoms with Gasteiger partial charge in [0, 0.05) is 22.8 Å². The topological polar surface area (TPSA) is 58.0 Å². The molecular formula is C19H21ClN4O. The molecule has 0 bridgehead atoms. The van der Waals surface area contributed by atoms with E-state index < -0.39 is 0 Å². The molecule has 3 aromatic rings. The van der Waals surface area contributed by atoms with Gasteiger partial charge in [0.2, 0.25) is 5.89 Å². The Bertz CT molecular complexity index is 848. The molecule has 1 fully saturated rings. The Hall–Kier alpha value is -2.11. The molecule has 0 spiro atoms. The smallest absolute Gasteiger partial charge is 0.226 e. The van der Waals surface area contributed by atoms with Crippen LogP contribution in [0.4, 0.5) is 0 Å². The van der Waals surface area contributed by atoms with E-state index in [0.29, 0.717) is 16.8 Å². The molecule has 0 atom stereocenters. The number of rotatable bonds is 4. The molecule has 130 valence electrons. The zero-order chi connectivity index (χ0) is 17.2. The van der Waals surface area contributed by atoms with Crippen LogP contribution >= 0.6 is 11.6 Å². The molecule has 1 aliphatic rings. The van der Waals surface area contributed by atoms with E-state index in [1.54, 1.807) is 6.26 Å². The molecule has 0 radical (unpaired) electrons. The van der Waals surface area contributed by atoms with Gasteiger partial charge in [-0.1, -0.05) is 17.7 Å². The van der Waals surface area contributed by atoms with Crippen molar-refractivity contribution in [3.63, 3.8) is 0 Å².